The number of rotatable bonds is 5. The van der Waals surface area contributed by atoms with Crippen LogP contribution in [0.4, 0.5) is 5.69 Å². The largest absolute Gasteiger partial charge is 0.339 e. The van der Waals surface area contributed by atoms with E-state index in [0.717, 1.165) is 32.4 Å². The second-order valence-electron chi connectivity index (χ2n) is 6.84. The molecule has 0 saturated carbocycles. The van der Waals surface area contributed by atoms with Crippen LogP contribution in [0.3, 0.4) is 0 Å². The van der Waals surface area contributed by atoms with Gasteiger partial charge in [-0.05, 0) is 62.9 Å². The van der Waals surface area contributed by atoms with Crippen LogP contribution in [0.25, 0.3) is 0 Å². The lowest BCUT2D eigenvalue weighted by Gasteiger charge is -2.27. The van der Waals surface area contributed by atoms with Crippen molar-refractivity contribution in [2.45, 2.75) is 38.0 Å². The first-order valence-electron chi connectivity index (χ1n) is 9.43. The van der Waals surface area contributed by atoms with Gasteiger partial charge < -0.3 is 4.90 Å². The normalized spacial score (nSPS) is 14.8. The van der Waals surface area contributed by atoms with E-state index >= 15 is 0 Å². The van der Waals surface area contributed by atoms with Gasteiger partial charge in [0.2, 0.25) is 0 Å². The first-order chi connectivity index (χ1) is 12.9. The molecule has 1 aliphatic heterocycles. The second-order valence-corrected chi connectivity index (χ2v) is 8.67. The van der Waals surface area contributed by atoms with Gasteiger partial charge in [0.1, 0.15) is 0 Å². The molecule has 2 aromatic rings. The molecule has 0 radical (unpaired) electrons. The molecule has 1 saturated heterocycles. The number of hydrogen-bond acceptors (Lipinski definition) is 3. The van der Waals surface area contributed by atoms with Crippen LogP contribution in [-0.4, -0.2) is 38.9 Å². The van der Waals surface area contributed by atoms with Crippen molar-refractivity contribution < 1.29 is 13.2 Å². The molecule has 0 aliphatic carbocycles. The summed E-state index contributed by atoms with van der Waals surface area (Å²) in [4.78, 5) is 14.8. The molecule has 5 nitrogen and oxygen atoms in total. The van der Waals surface area contributed by atoms with Gasteiger partial charge in [-0.1, -0.05) is 24.3 Å². The van der Waals surface area contributed by atoms with E-state index in [4.69, 9.17) is 0 Å². The van der Waals surface area contributed by atoms with Gasteiger partial charge in [0.05, 0.1) is 10.6 Å². The Morgan fingerprint density at radius 3 is 2.33 bits per heavy atom. The van der Waals surface area contributed by atoms with Gasteiger partial charge in [-0.25, -0.2) is 8.42 Å². The van der Waals surface area contributed by atoms with Crippen molar-refractivity contribution in [3.8, 4) is 0 Å². The van der Waals surface area contributed by atoms with Crippen LogP contribution in [0.2, 0.25) is 0 Å². The Labute approximate surface area is 161 Å². The molecule has 0 bridgehead atoms. The Bertz CT molecular complexity index is 904. The van der Waals surface area contributed by atoms with E-state index < -0.39 is 10.0 Å². The number of carbonyl (C=O) groups is 1. The Morgan fingerprint density at radius 2 is 1.70 bits per heavy atom. The molecule has 1 amide bonds. The summed E-state index contributed by atoms with van der Waals surface area (Å²) >= 11 is 0. The number of hydrogen-bond donors (Lipinski definition) is 0. The van der Waals surface area contributed by atoms with Crippen LogP contribution in [0.15, 0.2) is 53.4 Å². The zero-order valence-corrected chi connectivity index (χ0v) is 16.7. The molecule has 0 aromatic heterocycles. The molecular weight excluding hydrogens is 360 g/mol. The van der Waals surface area contributed by atoms with Gasteiger partial charge in [0, 0.05) is 25.2 Å². The summed E-state index contributed by atoms with van der Waals surface area (Å²) in [5.41, 5.74) is 1.69. The number of likely N-dealkylation sites (tertiary alicyclic amines) is 1. The lowest BCUT2D eigenvalue weighted by Crippen LogP contribution is -2.36. The van der Waals surface area contributed by atoms with Crippen molar-refractivity contribution in [2.75, 3.05) is 23.9 Å². The van der Waals surface area contributed by atoms with Crippen molar-refractivity contribution in [1.29, 1.82) is 0 Å². The Balaban J connectivity index is 1.98. The van der Waals surface area contributed by atoms with Crippen molar-refractivity contribution in [3.63, 3.8) is 0 Å². The molecule has 0 N–H and O–H groups in total. The van der Waals surface area contributed by atoms with Gasteiger partial charge in [-0.15, -0.1) is 0 Å². The highest BCUT2D eigenvalue weighted by Crippen LogP contribution is 2.27. The summed E-state index contributed by atoms with van der Waals surface area (Å²) in [6.07, 6.45) is 3.14. The average Bonchev–Trinajstić information content (AvgIpc) is 2.69. The molecule has 6 heteroatoms. The molecule has 27 heavy (non-hydrogen) atoms. The number of anilines is 1. The van der Waals surface area contributed by atoms with Crippen molar-refractivity contribution >= 4 is 21.6 Å². The number of nitrogens with zero attached hydrogens (tertiary/aromatic N) is 2. The van der Waals surface area contributed by atoms with Crippen LogP contribution in [0, 0.1) is 6.92 Å². The van der Waals surface area contributed by atoms with Gasteiger partial charge in [0.25, 0.3) is 15.9 Å². The lowest BCUT2D eigenvalue weighted by atomic mass is 10.1. The standard InChI is InChI=1S/C21H26N2O3S/c1-3-23(19-10-6-4-7-11-19)27(25,26)20-16-18(13-12-17(20)2)21(24)22-14-8-5-9-15-22/h4,6-7,10-13,16H,3,5,8-9,14-15H2,1-2H3. The number of piperidine rings is 1. The molecule has 1 aliphatic rings. The molecule has 0 unspecified atom stereocenters. The summed E-state index contributed by atoms with van der Waals surface area (Å²) in [7, 11) is -3.76. The highest BCUT2D eigenvalue weighted by molar-refractivity contribution is 7.92. The van der Waals surface area contributed by atoms with Crippen LogP contribution >= 0.6 is 0 Å². The third-order valence-electron chi connectivity index (χ3n) is 4.98. The van der Waals surface area contributed by atoms with E-state index in [1.807, 2.05) is 30.0 Å². The fourth-order valence-electron chi connectivity index (χ4n) is 3.49. The minimum absolute atomic E-state index is 0.0890. The van der Waals surface area contributed by atoms with Crippen LogP contribution in [-0.2, 0) is 10.0 Å². The minimum atomic E-state index is -3.76. The molecule has 3 rings (SSSR count). The summed E-state index contributed by atoms with van der Waals surface area (Å²) in [6.45, 7) is 5.36. The fraction of sp³-hybridized carbons (Fsp3) is 0.381. The first-order valence-corrected chi connectivity index (χ1v) is 10.9. The topological polar surface area (TPSA) is 57.7 Å². The lowest BCUT2D eigenvalue weighted by molar-refractivity contribution is 0.0724. The summed E-state index contributed by atoms with van der Waals surface area (Å²) < 4.78 is 28.1. The number of para-hydroxylation sites is 1. The molecule has 1 heterocycles. The predicted octanol–water partition coefficient (Wildman–Crippen LogP) is 3.84. The Hall–Kier alpha value is -2.34. The zero-order valence-electron chi connectivity index (χ0n) is 15.9. The van der Waals surface area contributed by atoms with E-state index in [1.54, 1.807) is 31.2 Å². The molecule has 1 fully saturated rings. The van der Waals surface area contributed by atoms with E-state index in [9.17, 15) is 13.2 Å². The number of amides is 1. The predicted molar refractivity (Wildman–Crippen MR) is 108 cm³/mol. The second kappa shape index (κ2) is 8.13. The molecule has 0 spiro atoms. The van der Waals surface area contributed by atoms with Crippen LogP contribution < -0.4 is 4.31 Å². The average molecular weight is 387 g/mol. The van der Waals surface area contributed by atoms with Crippen molar-refractivity contribution in [3.05, 3.63) is 59.7 Å². The minimum Gasteiger partial charge on any atom is -0.339 e. The fourth-order valence-corrected chi connectivity index (χ4v) is 5.22. The van der Waals surface area contributed by atoms with Gasteiger partial charge >= 0.3 is 0 Å². The maximum absolute atomic E-state index is 13.3. The van der Waals surface area contributed by atoms with Gasteiger partial charge in [0.15, 0.2) is 0 Å². The molecule has 2 aromatic carbocycles. The monoisotopic (exact) mass is 386 g/mol. The maximum Gasteiger partial charge on any atom is 0.264 e. The highest BCUT2D eigenvalue weighted by Gasteiger charge is 2.27. The van der Waals surface area contributed by atoms with Crippen LogP contribution in [0.1, 0.15) is 42.1 Å². The van der Waals surface area contributed by atoms with Gasteiger partial charge in [-0.3, -0.25) is 9.10 Å². The third-order valence-corrected chi connectivity index (χ3v) is 7.02. The number of benzene rings is 2. The van der Waals surface area contributed by atoms with Gasteiger partial charge in [-0.2, -0.15) is 0 Å². The Kier molecular flexibility index (Phi) is 5.85. The van der Waals surface area contributed by atoms with E-state index in [1.165, 1.54) is 10.4 Å². The van der Waals surface area contributed by atoms with E-state index in [2.05, 4.69) is 0 Å². The SMILES string of the molecule is CCN(c1ccccc1)S(=O)(=O)c1cc(C(=O)N2CCCCC2)ccc1C. The smallest absolute Gasteiger partial charge is 0.264 e. The molecule has 144 valence electrons. The van der Waals surface area contributed by atoms with E-state index in [-0.39, 0.29) is 10.8 Å². The molecular formula is C21H26N2O3S. The quantitative estimate of drug-likeness (QED) is 0.785. The first kappa shape index (κ1) is 19.4. The molecule has 0 atom stereocenters. The summed E-state index contributed by atoms with van der Waals surface area (Å²) in [5.74, 6) is -0.0890. The highest BCUT2D eigenvalue weighted by atomic mass is 32.2. The summed E-state index contributed by atoms with van der Waals surface area (Å²) in [5, 5.41) is 0. The van der Waals surface area contributed by atoms with E-state index in [0.29, 0.717) is 23.4 Å². The van der Waals surface area contributed by atoms with Crippen LogP contribution in [0.5, 0.6) is 0 Å². The number of aryl methyl sites for hydroxylation is 1. The third kappa shape index (κ3) is 4.00. The number of sulfonamides is 1. The van der Waals surface area contributed by atoms with Crippen molar-refractivity contribution in [1.82, 2.24) is 4.90 Å². The van der Waals surface area contributed by atoms with Crippen molar-refractivity contribution in [2.24, 2.45) is 0 Å². The maximum atomic E-state index is 13.3. The number of carbonyl (C=O) groups excluding carboxylic acids is 1. The Morgan fingerprint density at radius 1 is 1.04 bits per heavy atom. The zero-order chi connectivity index (χ0) is 19.4. The summed E-state index contributed by atoms with van der Waals surface area (Å²) in [6, 6.07) is 14.0.